The average Bonchev–Trinajstić information content (AvgIpc) is 2.03. The summed E-state index contributed by atoms with van der Waals surface area (Å²) in [6, 6.07) is 8.18. The second kappa shape index (κ2) is 4.11. The van der Waals surface area contributed by atoms with Crippen molar-refractivity contribution in [3.8, 4) is 0 Å². The first-order valence-corrected chi connectivity index (χ1v) is 3.76. The maximum atomic E-state index is 8.37. The van der Waals surface area contributed by atoms with E-state index in [-0.39, 0.29) is 0 Å². The summed E-state index contributed by atoms with van der Waals surface area (Å²) in [6.45, 7) is 2.69. The minimum absolute atomic E-state index is 0.616. The van der Waals surface area contributed by atoms with Crippen LogP contribution >= 0.6 is 0 Å². The molecule has 0 aliphatic rings. The predicted octanol–water partition coefficient (Wildman–Crippen LogP) is 1.52. The molecule has 0 atom stereocenters. The molecule has 2 heteroatoms. The highest BCUT2D eigenvalue weighted by atomic mass is 16.5. The van der Waals surface area contributed by atoms with Crippen molar-refractivity contribution in [1.82, 2.24) is 5.48 Å². The number of benzene rings is 1. The lowest BCUT2D eigenvalue weighted by Crippen LogP contribution is -2.11. The maximum Gasteiger partial charge on any atom is 0.0248 e. The van der Waals surface area contributed by atoms with E-state index in [2.05, 4.69) is 24.5 Å². The Labute approximate surface area is 66.8 Å². The zero-order chi connectivity index (χ0) is 8.10. The lowest BCUT2D eigenvalue weighted by atomic mass is 10.1. The van der Waals surface area contributed by atoms with Crippen LogP contribution in [0.3, 0.4) is 0 Å². The highest BCUT2D eigenvalue weighted by Gasteiger charge is 1.94. The Morgan fingerprint density at radius 2 is 2.09 bits per heavy atom. The molecule has 0 fully saturated rings. The van der Waals surface area contributed by atoms with E-state index >= 15 is 0 Å². The highest BCUT2D eigenvalue weighted by molar-refractivity contribution is 5.25. The van der Waals surface area contributed by atoms with E-state index in [4.69, 9.17) is 5.21 Å². The van der Waals surface area contributed by atoms with Gasteiger partial charge in [0.2, 0.25) is 0 Å². The summed E-state index contributed by atoms with van der Waals surface area (Å²) < 4.78 is 0. The van der Waals surface area contributed by atoms with E-state index in [0.717, 1.165) is 6.42 Å². The van der Waals surface area contributed by atoms with Gasteiger partial charge in [0.15, 0.2) is 0 Å². The van der Waals surface area contributed by atoms with Gasteiger partial charge in [0.25, 0.3) is 0 Å². The first-order valence-electron chi connectivity index (χ1n) is 3.76. The molecule has 0 heterocycles. The van der Waals surface area contributed by atoms with Crippen LogP contribution in [0.4, 0.5) is 0 Å². The standard InChI is InChI=1S/C9H13NO/c1-8-4-2-3-5-9(8)6-7-10-11/h2-5,10-11H,6-7H2,1H3. The molecule has 0 aromatic heterocycles. The molecule has 2 nitrogen and oxygen atoms in total. The van der Waals surface area contributed by atoms with Crippen LogP contribution in [-0.4, -0.2) is 11.8 Å². The van der Waals surface area contributed by atoms with E-state index in [9.17, 15) is 0 Å². The molecule has 2 N–H and O–H groups in total. The summed E-state index contributed by atoms with van der Waals surface area (Å²) in [4.78, 5) is 0. The average molecular weight is 151 g/mol. The van der Waals surface area contributed by atoms with E-state index in [1.165, 1.54) is 11.1 Å². The normalized spacial score (nSPS) is 10.0. The van der Waals surface area contributed by atoms with Crippen molar-refractivity contribution in [3.63, 3.8) is 0 Å². The quantitative estimate of drug-likeness (QED) is 0.642. The predicted molar refractivity (Wildman–Crippen MR) is 44.7 cm³/mol. The smallest absolute Gasteiger partial charge is 0.0248 e. The van der Waals surface area contributed by atoms with Gasteiger partial charge in [0, 0.05) is 6.54 Å². The lowest BCUT2D eigenvalue weighted by Gasteiger charge is -2.02. The van der Waals surface area contributed by atoms with Gasteiger partial charge in [-0.15, -0.1) is 0 Å². The zero-order valence-electron chi connectivity index (χ0n) is 6.67. The summed E-state index contributed by atoms with van der Waals surface area (Å²) in [5.74, 6) is 0. The van der Waals surface area contributed by atoms with Crippen molar-refractivity contribution in [1.29, 1.82) is 0 Å². The number of hydrogen-bond acceptors (Lipinski definition) is 2. The van der Waals surface area contributed by atoms with Crippen LogP contribution in [0.15, 0.2) is 24.3 Å². The maximum absolute atomic E-state index is 8.37. The van der Waals surface area contributed by atoms with E-state index in [1.807, 2.05) is 12.1 Å². The minimum atomic E-state index is 0.616. The van der Waals surface area contributed by atoms with Gasteiger partial charge < -0.3 is 5.21 Å². The first kappa shape index (κ1) is 8.24. The molecule has 0 aliphatic carbocycles. The molecule has 60 valence electrons. The Kier molecular flexibility index (Phi) is 3.08. The van der Waals surface area contributed by atoms with E-state index in [0.29, 0.717) is 6.54 Å². The third kappa shape index (κ3) is 2.33. The molecular weight excluding hydrogens is 138 g/mol. The van der Waals surface area contributed by atoms with E-state index < -0.39 is 0 Å². The van der Waals surface area contributed by atoms with Crippen molar-refractivity contribution in [3.05, 3.63) is 35.4 Å². The molecule has 0 saturated carbocycles. The van der Waals surface area contributed by atoms with Crippen molar-refractivity contribution < 1.29 is 5.21 Å². The Balaban J connectivity index is 2.62. The molecular formula is C9H13NO. The molecule has 11 heavy (non-hydrogen) atoms. The molecule has 0 aliphatic heterocycles. The Hall–Kier alpha value is -0.860. The van der Waals surface area contributed by atoms with Crippen LogP contribution in [0, 0.1) is 6.92 Å². The first-order chi connectivity index (χ1) is 5.34. The molecule has 0 radical (unpaired) electrons. The summed E-state index contributed by atoms with van der Waals surface area (Å²) in [6.07, 6.45) is 0.878. The molecule has 0 amide bonds. The number of hydroxylamine groups is 1. The second-order valence-corrected chi connectivity index (χ2v) is 2.58. The Morgan fingerprint density at radius 1 is 1.36 bits per heavy atom. The summed E-state index contributed by atoms with van der Waals surface area (Å²) in [7, 11) is 0. The van der Waals surface area contributed by atoms with Gasteiger partial charge in [-0.05, 0) is 24.5 Å². The van der Waals surface area contributed by atoms with Gasteiger partial charge in [-0.25, -0.2) is 5.48 Å². The Morgan fingerprint density at radius 3 is 2.73 bits per heavy atom. The number of rotatable bonds is 3. The van der Waals surface area contributed by atoms with Crippen molar-refractivity contribution >= 4 is 0 Å². The fraction of sp³-hybridized carbons (Fsp3) is 0.333. The molecule has 0 spiro atoms. The monoisotopic (exact) mass is 151 g/mol. The number of aryl methyl sites for hydroxylation is 1. The van der Waals surface area contributed by atoms with Crippen LogP contribution in [0.1, 0.15) is 11.1 Å². The van der Waals surface area contributed by atoms with Crippen LogP contribution < -0.4 is 5.48 Å². The molecule has 0 unspecified atom stereocenters. The summed E-state index contributed by atoms with van der Waals surface area (Å²) in [5, 5.41) is 8.37. The third-order valence-electron chi connectivity index (χ3n) is 1.77. The number of hydrogen-bond donors (Lipinski definition) is 2. The van der Waals surface area contributed by atoms with Crippen molar-refractivity contribution in [2.75, 3.05) is 6.54 Å². The van der Waals surface area contributed by atoms with E-state index in [1.54, 1.807) is 0 Å². The lowest BCUT2D eigenvalue weighted by molar-refractivity contribution is 0.168. The SMILES string of the molecule is Cc1ccccc1CCNO. The summed E-state index contributed by atoms with van der Waals surface area (Å²) >= 11 is 0. The number of nitrogens with one attached hydrogen (secondary N) is 1. The molecule has 0 bridgehead atoms. The summed E-state index contributed by atoms with van der Waals surface area (Å²) in [5.41, 5.74) is 4.71. The van der Waals surface area contributed by atoms with Crippen molar-refractivity contribution in [2.45, 2.75) is 13.3 Å². The van der Waals surface area contributed by atoms with Gasteiger partial charge >= 0.3 is 0 Å². The van der Waals surface area contributed by atoms with Gasteiger partial charge in [0.05, 0.1) is 0 Å². The highest BCUT2D eigenvalue weighted by Crippen LogP contribution is 2.06. The van der Waals surface area contributed by atoms with Gasteiger partial charge in [-0.1, -0.05) is 24.3 Å². The van der Waals surface area contributed by atoms with Crippen LogP contribution in [0.5, 0.6) is 0 Å². The Bertz CT molecular complexity index is 223. The fourth-order valence-corrected chi connectivity index (χ4v) is 1.08. The molecule has 1 rings (SSSR count). The van der Waals surface area contributed by atoms with Crippen LogP contribution in [-0.2, 0) is 6.42 Å². The molecule has 0 saturated heterocycles. The zero-order valence-corrected chi connectivity index (χ0v) is 6.67. The minimum Gasteiger partial charge on any atom is -0.317 e. The van der Waals surface area contributed by atoms with Gasteiger partial charge in [-0.2, -0.15) is 0 Å². The van der Waals surface area contributed by atoms with Crippen LogP contribution in [0.2, 0.25) is 0 Å². The fourth-order valence-electron chi connectivity index (χ4n) is 1.08. The van der Waals surface area contributed by atoms with Crippen LogP contribution in [0.25, 0.3) is 0 Å². The van der Waals surface area contributed by atoms with Gasteiger partial charge in [0.1, 0.15) is 0 Å². The molecule has 1 aromatic carbocycles. The van der Waals surface area contributed by atoms with Crippen molar-refractivity contribution in [2.24, 2.45) is 0 Å². The second-order valence-electron chi connectivity index (χ2n) is 2.58. The third-order valence-corrected chi connectivity index (χ3v) is 1.77. The molecule has 1 aromatic rings. The largest absolute Gasteiger partial charge is 0.317 e. The van der Waals surface area contributed by atoms with Gasteiger partial charge in [-0.3, -0.25) is 0 Å². The topological polar surface area (TPSA) is 32.3 Å².